The summed E-state index contributed by atoms with van der Waals surface area (Å²) in [6.45, 7) is 6.02. The lowest BCUT2D eigenvalue weighted by molar-refractivity contribution is 0.284. The monoisotopic (exact) mass is 310 g/mol. The number of halogens is 1. The third kappa shape index (κ3) is 3.51. The van der Waals surface area contributed by atoms with Crippen molar-refractivity contribution in [1.29, 1.82) is 0 Å². The Balaban J connectivity index is 1.64. The Hall–Kier alpha value is -0.220. The molecule has 0 radical (unpaired) electrons. The van der Waals surface area contributed by atoms with Crippen LogP contribution >= 0.6 is 23.4 Å². The van der Waals surface area contributed by atoms with Crippen LogP contribution in [-0.4, -0.2) is 36.3 Å². The van der Waals surface area contributed by atoms with Gasteiger partial charge in [-0.15, -0.1) is 11.8 Å². The van der Waals surface area contributed by atoms with Gasteiger partial charge in [-0.3, -0.25) is 0 Å². The molecule has 2 aliphatic heterocycles. The number of likely N-dealkylation sites (tertiary alicyclic amines) is 1. The molecule has 2 nitrogen and oxygen atoms in total. The minimum Gasteiger partial charge on any atom is -0.306 e. The van der Waals surface area contributed by atoms with E-state index in [-0.39, 0.29) is 0 Å². The highest BCUT2D eigenvalue weighted by molar-refractivity contribution is 7.99. The van der Waals surface area contributed by atoms with Gasteiger partial charge in [-0.05, 0) is 68.8 Å². The van der Waals surface area contributed by atoms with Gasteiger partial charge in [-0.25, -0.2) is 0 Å². The van der Waals surface area contributed by atoms with E-state index >= 15 is 0 Å². The zero-order chi connectivity index (χ0) is 13.9. The second kappa shape index (κ2) is 6.69. The molecule has 2 aliphatic rings. The molecular weight excluding hydrogens is 288 g/mol. The first-order valence-corrected chi connectivity index (χ1v) is 8.99. The third-order valence-corrected chi connectivity index (χ3v) is 5.59. The van der Waals surface area contributed by atoms with E-state index in [1.165, 1.54) is 55.1 Å². The van der Waals surface area contributed by atoms with Gasteiger partial charge in [-0.1, -0.05) is 11.6 Å². The topological polar surface area (TPSA) is 15.3 Å². The maximum Gasteiger partial charge on any atom is 0.0410 e. The van der Waals surface area contributed by atoms with Gasteiger partial charge in [0.15, 0.2) is 0 Å². The Labute approximate surface area is 131 Å². The summed E-state index contributed by atoms with van der Waals surface area (Å²) in [4.78, 5) is 3.97. The summed E-state index contributed by atoms with van der Waals surface area (Å²) >= 11 is 8.12. The number of benzene rings is 1. The highest BCUT2D eigenvalue weighted by atomic mass is 35.5. The predicted molar refractivity (Wildman–Crippen MR) is 87.8 cm³/mol. The van der Waals surface area contributed by atoms with Gasteiger partial charge in [0.25, 0.3) is 0 Å². The standard InChI is InChI=1S/C16H23ClN2S/c1-12(11-19-7-2-3-8-19)18-15-6-9-20-16-5-4-13(17)10-14(15)16/h4-5,10,12,15,18H,2-3,6-9,11H2,1H3. The van der Waals surface area contributed by atoms with Crippen LogP contribution in [0.5, 0.6) is 0 Å². The molecule has 1 N–H and O–H groups in total. The van der Waals surface area contributed by atoms with Crippen LogP contribution in [0, 0.1) is 0 Å². The molecule has 2 unspecified atom stereocenters. The number of hydrogen-bond donors (Lipinski definition) is 1. The summed E-state index contributed by atoms with van der Waals surface area (Å²) in [5.74, 6) is 1.20. The van der Waals surface area contributed by atoms with Crippen LogP contribution in [0.1, 0.15) is 37.8 Å². The fraction of sp³-hybridized carbons (Fsp3) is 0.625. The lowest BCUT2D eigenvalue weighted by Gasteiger charge is -2.30. The van der Waals surface area contributed by atoms with Crippen LogP contribution in [0.4, 0.5) is 0 Å². The Morgan fingerprint density at radius 3 is 3.00 bits per heavy atom. The van der Waals surface area contributed by atoms with Gasteiger partial charge in [0.05, 0.1) is 0 Å². The quantitative estimate of drug-likeness (QED) is 0.906. The predicted octanol–water partition coefficient (Wildman–Crippen LogP) is 3.95. The summed E-state index contributed by atoms with van der Waals surface area (Å²) in [5, 5.41) is 4.67. The molecule has 0 bridgehead atoms. The molecule has 0 amide bonds. The maximum atomic E-state index is 6.17. The van der Waals surface area contributed by atoms with Crippen molar-refractivity contribution < 1.29 is 0 Å². The fourth-order valence-corrected chi connectivity index (χ4v) is 4.57. The number of thioether (sulfide) groups is 1. The van der Waals surface area contributed by atoms with Gasteiger partial charge >= 0.3 is 0 Å². The lowest BCUT2D eigenvalue weighted by atomic mass is 10.0. The SMILES string of the molecule is CC(CN1CCCC1)NC1CCSc2ccc(Cl)cc21. The van der Waals surface area contributed by atoms with E-state index in [1.54, 1.807) is 0 Å². The number of hydrogen-bond acceptors (Lipinski definition) is 3. The molecule has 1 fully saturated rings. The van der Waals surface area contributed by atoms with Crippen LogP contribution in [0.15, 0.2) is 23.1 Å². The molecular formula is C16H23ClN2S. The summed E-state index contributed by atoms with van der Waals surface area (Å²) in [5.41, 5.74) is 1.39. The van der Waals surface area contributed by atoms with Gasteiger partial charge in [0.1, 0.15) is 0 Å². The smallest absolute Gasteiger partial charge is 0.0410 e. The summed E-state index contributed by atoms with van der Waals surface area (Å²) < 4.78 is 0. The molecule has 0 spiro atoms. The Morgan fingerprint density at radius 1 is 1.40 bits per heavy atom. The van der Waals surface area contributed by atoms with Crippen molar-refractivity contribution in [3.8, 4) is 0 Å². The van der Waals surface area contributed by atoms with E-state index in [1.807, 2.05) is 17.8 Å². The number of rotatable bonds is 4. The van der Waals surface area contributed by atoms with E-state index in [0.717, 1.165) is 5.02 Å². The molecule has 110 valence electrons. The summed E-state index contributed by atoms with van der Waals surface area (Å²) in [7, 11) is 0. The largest absolute Gasteiger partial charge is 0.306 e. The van der Waals surface area contributed by atoms with Crippen LogP contribution in [0.25, 0.3) is 0 Å². The Kier molecular flexibility index (Phi) is 4.92. The molecule has 1 aromatic rings. The van der Waals surface area contributed by atoms with Gasteiger partial charge in [0, 0.05) is 28.5 Å². The van der Waals surface area contributed by atoms with Crippen molar-refractivity contribution in [3.05, 3.63) is 28.8 Å². The van der Waals surface area contributed by atoms with E-state index in [2.05, 4.69) is 29.3 Å². The number of nitrogens with one attached hydrogen (secondary N) is 1. The average molecular weight is 311 g/mol. The van der Waals surface area contributed by atoms with Crippen molar-refractivity contribution in [2.24, 2.45) is 0 Å². The van der Waals surface area contributed by atoms with Crippen molar-refractivity contribution in [2.45, 2.75) is 43.2 Å². The molecule has 0 aromatic heterocycles. The average Bonchev–Trinajstić information content (AvgIpc) is 2.92. The lowest BCUT2D eigenvalue weighted by Crippen LogP contribution is -2.40. The molecule has 20 heavy (non-hydrogen) atoms. The van der Waals surface area contributed by atoms with Crippen LogP contribution < -0.4 is 5.32 Å². The Bertz CT molecular complexity index is 460. The zero-order valence-corrected chi connectivity index (χ0v) is 13.6. The molecule has 3 rings (SSSR count). The first kappa shape index (κ1) is 14.7. The third-order valence-electron chi connectivity index (χ3n) is 4.23. The second-order valence-electron chi connectivity index (χ2n) is 5.95. The molecule has 0 saturated carbocycles. The first-order chi connectivity index (χ1) is 9.72. The van der Waals surface area contributed by atoms with Crippen molar-refractivity contribution in [3.63, 3.8) is 0 Å². The van der Waals surface area contributed by atoms with Crippen molar-refractivity contribution in [1.82, 2.24) is 10.2 Å². The van der Waals surface area contributed by atoms with Crippen molar-refractivity contribution in [2.75, 3.05) is 25.4 Å². The zero-order valence-electron chi connectivity index (χ0n) is 12.1. The van der Waals surface area contributed by atoms with Crippen molar-refractivity contribution >= 4 is 23.4 Å². The minimum atomic E-state index is 0.461. The summed E-state index contributed by atoms with van der Waals surface area (Å²) in [6.07, 6.45) is 3.93. The van der Waals surface area contributed by atoms with E-state index in [0.29, 0.717) is 12.1 Å². The normalized spacial score (nSPS) is 24.6. The molecule has 2 atom stereocenters. The number of fused-ring (bicyclic) bond motifs is 1. The molecule has 1 saturated heterocycles. The summed E-state index contributed by atoms with van der Waals surface area (Å²) in [6, 6.07) is 7.31. The molecule has 4 heteroatoms. The highest BCUT2D eigenvalue weighted by Gasteiger charge is 2.23. The highest BCUT2D eigenvalue weighted by Crippen LogP contribution is 2.37. The van der Waals surface area contributed by atoms with Gasteiger partial charge in [0.2, 0.25) is 0 Å². The van der Waals surface area contributed by atoms with E-state index < -0.39 is 0 Å². The maximum absolute atomic E-state index is 6.17. The van der Waals surface area contributed by atoms with E-state index in [4.69, 9.17) is 11.6 Å². The van der Waals surface area contributed by atoms with Gasteiger partial charge in [-0.2, -0.15) is 0 Å². The van der Waals surface area contributed by atoms with Crippen LogP contribution in [-0.2, 0) is 0 Å². The van der Waals surface area contributed by atoms with Gasteiger partial charge < -0.3 is 10.2 Å². The minimum absolute atomic E-state index is 0.461. The Morgan fingerprint density at radius 2 is 2.20 bits per heavy atom. The molecule has 1 aromatic carbocycles. The number of nitrogens with zero attached hydrogens (tertiary/aromatic N) is 1. The van der Waals surface area contributed by atoms with Crippen LogP contribution in [0.2, 0.25) is 5.02 Å². The second-order valence-corrected chi connectivity index (χ2v) is 7.52. The van der Waals surface area contributed by atoms with Crippen LogP contribution in [0.3, 0.4) is 0 Å². The fourth-order valence-electron chi connectivity index (χ4n) is 3.29. The first-order valence-electron chi connectivity index (χ1n) is 7.63. The molecule has 2 heterocycles. The van der Waals surface area contributed by atoms with E-state index in [9.17, 15) is 0 Å². The molecule has 0 aliphatic carbocycles.